The van der Waals surface area contributed by atoms with Crippen LogP contribution < -0.4 is 15.4 Å². The molecule has 0 spiro atoms. The Morgan fingerprint density at radius 3 is 2.88 bits per heavy atom. The predicted octanol–water partition coefficient (Wildman–Crippen LogP) is 1.62. The number of anilines is 1. The number of aromatic nitrogens is 2. The van der Waals surface area contributed by atoms with Gasteiger partial charge in [-0.1, -0.05) is 0 Å². The predicted molar refractivity (Wildman–Crippen MR) is 92.5 cm³/mol. The average molecular weight is 353 g/mol. The molecular formula is C18H15N3O5. The van der Waals surface area contributed by atoms with E-state index in [4.69, 9.17) is 9.15 Å². The Morgan fingerprint density at radius 2 is 2.08 bits per heavy atom. The van der Waals surface area contributed by atoms with Crippen LogP contribution in [0.4, 0.5) is 5.69 Å². The summed E-state index contributed by atoms with van der Waals surface area (Å²) in [5, 5.41) is 0. The number of rotatable bonds is 3. The number of carbonyl (C=O) groups excluding carboxylic acids is 2. The van der Waals surface area contributed by atoms with Crippen molar-refractivity contribution < 1.29 is 18.7 Å². The van der Waals surface area contributed by atoms with Gasteiger partial charge in [-0.2, -0.15) is 0 Å². The van der Waals surface area contributed by atoms with Gasteiger partial charge < -0.3 is 14.1 Å². The molecule has 2 aromatic heterocycles. The average Bonchev–Trinajstić information content (AvgIpc) is 2.95. The normalized spacial score (nSPS) is 16.5. The van der Waals surface area contributed by atoms with Crippen molar-refractivity contribution in [1.82, 2.24) is 9.55 Å². The molecule has 0 aliphatic carbocycles. The maximum absolute atomic E-state index is 12.7. The molecular weight excluding hydrogens is 338 g/mol. The van der Waals surface area contributed by atoms with Gasteiger partial charge in [-0.3, -0.25) is 14.2 Å². The van der Waals surface area contributed by atoms with Gasteiger partial charge in [-0.15, -0.1) is 0 Å². The third-order valence-corrected chi connectivity index (χ3v) is 4.35. The van der Waals surface area contributed by atoms with Crippen molar-refractivity contribution in [3.8, 4) is 5.75 Å². The van der Waals surface area contributed by atoms with Crippen LogP contribution in [0.3, 0.4) is 0 Å². The van der Waals surface area contributed by atoms with Gasteiger partial charge in [0.1, 0.15) is 5.75 Å². The number of fused-ring (bicyclic) bond motifs is 2. The minimum atomic E-state index is -0.644. The second-order valence-corrected chi connectivity index (χ2v) is 6.04. The van der Waals surface area contributed by atoms with Crippen molar-refractivity contribution >= 4 is 28.6 Å². The molecule has 3 heterocycles. The number of benzene rings is 1. The highest BCUT2D eigenvalue weighted by atomic mass is 16.5. The van der Waals surface area contributed by atoms with Crippen molar-refractivity contribution in [3.63, 3.8) is 0 Å². The minimum Gasteiger partial charge on any atom is -0.479 e. The molecule has 1 unspecified atom stereocenters. The van der Waals surface area contributed by atoms with Crippen LogP contribution in [0.15, 0.2) is 45.7 Å². The first kappa shape index (κ1) is 16.1. The van der Waals surface area contributed by atoms with E-state index in [1.807, 2.05) is 0 Å². The zero-order valence-electron chi connectivity index (χ0n) is 14.1. The van der Waals surface area contributed by atoms with Crippen LogP contribution in [0.1, 0.15) is 17.3 Å². The summed E-state index contributed by atoms with van der Waals surface area (Å²) < 4.78 is 11.8. The Morgan fingerprint density at radius 1 is 1.27 bits per heavy atom. The van der Waals surface area contributed by atoms with E-state index in [1.54, 1.807) is 44.3 Å². The van der Waals surface area contributed by atoms with E-state index >= 15 is 0 Å². The summed E-state index contributed by atoms with van der Waals surface area (Å²) in [5.41, 5.74) is 1.51. The van der Waals surface area contributed by atoms with Crippen LogP contribution in [0, 0.1) is 0 Å². The summed E-state index contributed by atoms with van der Waals surface area (Å²) in [5.74, 6) is -0.607. The lowest BCUT2D eigenvalue weighted by molar-refractivity contribution is -0.125. The van der Waals surface area contributed by atoms with Crippen LogP contribution >= 0.6 is 0 Å². The number of hydrogen-bond donors (Lipinski definition) is 0. The monoisotopic (exact) mass is 353 g/mol. The Hall–Kier alpha value is -3.42. The van der Waals surface area contributed by atoms with Gasteiger partial charge in [0.05, 0.1) is 12.2 Å². The highest BCUT2D eigenvalue weighted by molar-refractivity contribution is 6.02. The molecule has 0 N–H and O–H groups in total. The smallest absolute Gasteiger partial charge is 0.421 e. The van der Waals surface area contributed by atoms with Crippen LogP contribution in [0.2, 0.25) is 0 Å². The molecule has 1 aromatic carbocycles. The topological polar surface area (TPSA) is 94.6 Å². The lowest BCUT2D eigenvalue weighted by atomic mass is 10.1. The molecule has 8 heteroatoms. The second-order valence-electron chi connectivity index (χ2n) is 6.04. The zero-order valence-corrected chi connectivity index (χ0v) is 14.1. The van der Waals surface area contributed by atoms with Crippen LogP contribution in [-0.2, 0) is 11.3 Å². The van der Waals surface area contributed by atoms with Gasteiger partial charge in [-0.25, -0.2) is 9.78 Å². The third kappa shape index (κ3) is 2.46. The van der Waals surface area contributed by atoms with Crippen molar-refractivity contribution in [1.29, 1.82) is 0 Å². The zero-order chi connectivity index (χ0) is 18.4. The lowest BCUT2D eigenvalue weighted by Crippen LogP contribution is -2.42. The summed E-state index contributed by atoms with van der Waals surface area (Å²) in [6.45, 7) is 1.46. The number of amides is 1. The fourth-order valence-electron chi connectivity index (χ4n) is 2.96. The number of nitrogens with zero attached hydrogens (tertiary/aromatic N) is 3. The highest BCUT2D eigenvalue weighted by Gasteiger charge is 2.29. The van der Waals surface area contributed by atoms with Gasteiger partial charge in [-0.05, 0) is 37.3 Å². The minimum absolute atomic E-state index is 0.191. The number of carbonyl (C=O) groups is 2. The molecule has 8 nitrogen and oxygen atoms in total. The summed E-state index contributed by atoms with van der Waals surface area (Å²) in [6.07, 6.45) is 0.951. The van der Waals surface area contributed by atoms with E-state index < -0.39 is 11.9 Å². The highest BCUT2D eigenvalue weighted by Crippen LogP contribution is 2.34. The number of pyridine rings is 1. The molecule has 3 aromatic rings. The van der Waals surface area contributed by atoms with E-state index in [1.165, 1.54) is 15.7 Å². The molecule has 1 atom stereocenters. The Kier molecular flexibility index (Phi) is 3.61. The van der Waals surface area contributed by atoms with Gasteiger partial charge in [0.25, 0.3) is 5.91 Å². The molecule has 0 bridgehead atoms. The first-order valence-corrected chi connectivity index (χ1v) is 8.01. The Labute approximate surface area is 147 Å². The van der Waals surface area contributed by atoms with E-state index in [0.29, 0.717) is 28.2 Å². The number of likely N-dealkylation sites (N-methyl/N-ethyl adjacent to an activating group) is 1. The molecule has 132 valence electrons. The van der Waals surface area contributed by atoms with Crippen LogP contribution in [-0.4, -0.2) is 34.4 Å². The van der Waals surface area contributed by atoms with Gasteiger partial charge in [0.15, 0.2) is 23.1 Å². The number of ether oxygens (including phenoxy) is 1. The molecule has 0 radical (unpaired) electrons. The van der Waals surface area contributed by atoms with Crippen LogP contribution in [0.25, 0.3) is 11.2 Å². The van der Waals surface area contributed by atoms with Crippen molar-refractivity contribution in [3.05, 3.63) is 52.6 Å². The maximum atomic E-state index is 12.7. The molecule has 4 rings (SSSR count). The van der Waals surface area contributed by atoms with Gasteiger partial charge in [0.2, 0.25) is 0 Å². The van der Waals surface area contributed by atoms with Crippen LogP contribution in [0.5, 0.6) is 5.75 Å². The van der Waals surface area contributed by atoms with Crippen molar-refractivity contribution in [2.24, 2.45) is 0 Å². The molecule has 1 aliphatic rings. The number of ketones is 1. The van der Waals surface area contributed by atoms with Crippen molar-refractivity contribution in [2.75, 3.05) is 11.9 Å². The fraction of sp³-hybridized carbons (Fsp3) is 0.222. The molecule has 1 amide bonds. The summed E-state index contributed by atoms with van der Waals surface area (Å²) in [4.78, 5) is 42.3. The van der Waals surface area contributed by atoms with E-state index in [9.17, 15) is 14.4 Å². The first-order chi connectivity index (χ1) is 12.5. The lowest BCUT2D eigenvalue weighted by Gasteiger charge is -2.30. The number of oxazole rings is 1. The van der Waals surface area contributed by atoms with Gasteiger partial charge >= 0.3 is 5.76 Å². The fourth-order valence-corrected chi connectivity index (χ4v) is 2.96. The number of hydrogen-bond acceptors (Lipinski definition) is 6. The molecule has 0 fully saturated rings. The summed E-state index contributed by atoms with van der Waals surface area (Å²) in [6, 6.07) is 8.11. The molecule has 1 aliphatic heterocycles. The second kappa shape index (κ2) is 5.83. The molecule has 0 saturated carbocycles. The summed E-state index contributed by atoms with van der Waals surface area (Å²) in [7, 11) is 1.63. The maximum Gasteiger partial charge on any atom is 0.421 e. The largest absolute Gasteiger partial charge is 0.479 e. The molecule has 26 heavy (non-hydrogen) atoms. The van der Waals surface area contributed by atoms with E-state index in [0.717, 1.165) is 0 Å². The van der Waals surface area contributed by atoms with Crippen molar-refractivity contribution in [2.45, 2.75) is 19.6 Å². The van der Waals surface area contributed by atoms with Gasteiger partial charge in [0, 0.05) is 18.8 Å². The third-order valence-electron chi connectivity index (χ3n) is 4.35. The van der Waals surface area contributed by atoms with E-state index in [-0.39, 0.29) is 18.2 Å². The SMILES string of the molecule is CC1Oc2ccc(C(=O)Cn3c(=O)oc4cccnc43)cc2N(C)C1=O. The summed E-state index contributed by atoms with van der Waals surface area (Å²) >= 11 is 0. The standard InChI is InChI=1S/C18H15N3O5/c1-10-17(23)20(2)12-8-11(5-6-14(12)25-10)13(22)9-21-16-15(26-18(21)24)4-3-7-19-16/h3-8,10H,9H2,1-2H3. The van der Waals surface area contributed by atoms with E-state index in [2.05, 4.69) is 4.98 Å². The number of Topliss-reactive ketones (excluding diaryl/α,β-unsaturated/α-hetero) is 1. The quantitative estimate of drug-likeness (QED) is 0.664. The first-order valence-electron chi connectivity index (χ1n) is 8.01. The Bertz CT molecular complexity index is 1100. The molecule has 0 saturated heterocycles. The Balaban J connectivity index is 1.68.